The van der Waals surface area contributed by atoms with Gasteiger partial charge >= 0.3 is 5.69 Å². The monoisotopic (exact) mass is 270 g/mol. The summed E-state index contributed by atoms with van der Waals surface area (Å²) in [5.41, 5.74) is -1.29. The van der Waals surface area contributed by atoms with Gasteiger partial charge in [-0.1, -0.05) is 13.3 Å². The number of nitrogens with one attached hydrogen (secondary N) is 1. The molecule has 0 aliphatic rings. The highest BCUT2D eigenvalue weighted by atomic mass is 16.6. The van der Waals surface area contributed by atoms with Gasteiger partial charge in [0.15, 0.2) is 0 Å². The first kappa shape index (κ1) is 15.1. The molecule has 1 atom stereocenters. The van der Waals surface area contributed by atoms with E-state index in [1.165, 1.54) is 13.4 Å². The van der Waals surface area contributed by atoms with E-state index in [0.29, 0.717) is 6.42 Å². The lowest BCUT2D eigenvalue weighted by Gasteiger charge is -2.23. The van der Waals surface area contributed by atoms with Gasteiger partial charge < -0.3 is 15.2 Å². The highest BCUT2D eigenvalue weighted by molar-refractivity contribution is 5.61. The molecule has 106 valence electrons. The van der Waals surface area contributed by atoms with Crippen molar-refractivity contribution in [2.75, 3.05) is 19.0 Å². The number of ether oxygens (including phenoxy) is 1. The van der Waals surface area contributed by atoms with Crippen molar-refractivity contribution in [3.63, 3.8) is 0 Å². The van der Waals surface area contributed by atoms with Crippen LogP contribution in [0.15, 0.2) is 6.33 Å². The van der Waals surface area contributed by atoms with E-state index >= 15 is 0 Å². The summed E-state index contributed by atoms with van der Waals surface area (Å²) in [7, 11) is 1.30. The molecular weight excluding hydrogens is 252 g/mol. The van der Waals surface area contributed by atoms with Crippen molar-refractivity contribution in [1.29, 1.82) is 0 Å². The SMILES string of the molecule is CCCC(C)(O)CNc1ncnc(OC)c1[N+](=O)[O-]. The van der Waals surface area contributed by atoms with E-state index in [9.17, 15) is 15.2 Å². The molecule has 0 saturated heterocycles. The first-order valence-corrected chi connectivity index (χ1v) is 5.91. The number of aromatic nitrogens is 2. The Bertz CT molecular complexity index is 450. The lowest BCUT2D eigenvalue weighted by atomic mass is 10.0. The molecule has 0 radical (unpaired) electrons. The fraction of sp³-hybridized carbons (Fsp3) is 0.636. The molecule has 0 saturated carbocycles. The Kier molecular flexibility index (Phi) is 4.99. The maximum atomic E-state index is 11.0. The van der Waals surface area contributed by atoms with Gasteiger partial charge in [-0.2, -0.15) is 4.98 Å². The quantitative estimate of drug-likeness (QED) is 0.568. The summed E-state index contributed by atoms with van der Waals surface area (Å²) >= 11 is 0. The van der Waals surface area contributed by atoms with Crippen LogP contribution < -0.4 is 10.1 Å². The van der Waals surface area contributed by atoms with Crippen molar-refractivity contribution in [1.82, 2.24) is 9.97 Å². The van der Waals surface area contributed by atoms with Crippen LogP contribution in [0, 0.1) is 10.1 Å². The average Bonchev–Trinajstić information content (AvgIpc) is 2.35. The van der Waals surface area contributed by atoms with E-state index in [1.807, 2.05) is 6.92 Å². The standard InChI is InChI=1S/C11H18N4O4/c1-4-5-11(2,16)6-12-9-8(15(17)18)10(19-3)14-7-13-9/h7,16H,4-6H2,1-3H3,(H,12,13,14). The highest BCUT2D eigenvalue weighted by Crippen LogP contribution is 2.30. The van der Waals surface area contributed by atoms with Crippen LogP contribution in [0.25, 0.3) is 0 Å². The van der Waals surface area contributed by atoms with Gasteiger partial charge in [0.25, 0.3) is 5.88 Å². The topological polar surface area (TPSA) is 110 Å². The number of rotatable bonds is 7. The van der Waals surface area contributed by atoms with Crippen LogP contribution in [0.5, 0.6) is 5.88 Å². The van der Waals surface area contributed by atoms with Crippen molar-refractivity contribution in [3.8, 4) is 5.88 Å². The number of nitro groups is 1. The molecule has 8 nitrogen and oxygen atoms in total. The van der Waals surface area contributed by atoms with Gasteiger partial charge in [0, 0.05) is 6.54 Å². The molecule has 1 heterocycles. The number of hydrogen-bond acceptors (Lipinski definition) is 7. The van der Waals surface area contributed by atoms with Gasteiger partial charge in [-0.25, -0.2) is 4.98 Å². The van der Waals surface area contributed by atoms with Crippen LogP contribution in [0.2, 0.25) is 0 Å². The fourth-order valence-electron chi connectivity index (χ4n) is 1.71. The number of nitrogens with zero attached hydrogens (tertiary/aromatic N) is 3. The van der Waals surface area contributed by atoms with E-state index in [4.69, 9.17) is 4.74 Å². The third kappa shape index (κ3) is 4.02. The predicted octanol–water partition coefficient (Wildman–Crippen LogP) is 1.36. The first-order chi connectivity index (χ1) is 8.91. The third-order valence-electron chi connectivity index (χ3n) is 2.59. The van der Waals surface area contributed by atoms with Crippen molar-refractivity contribution >= 4 is 11.5 Å². The van der Waals surface area contributed by atoms with Crippen LogP contribution in [0.3, 0.4) is 0 Å². The largest absolute Gasteiger partial charge is 0.476 e. The summed E-state index contributed by atoms with van der Waals surface area (Å²) in [6.07, 6.45) is 2.56. The van der Waals surface area contributed by atoms with Crippen LogP contribution in [-0.2, 0) is 0 Å². The molecule has 0 aromatic carbocycles. The molecule has 1 aromatic rings. The molecule has 1 unspecified atom stereocenters. The Morgan fingerprint density at radius 2 is 2.26 bits per heavy atom. The number of methoxy groups -OCH3 is 1. The minimum atomic E-state index is -0.958. The molecule has 0 amide bonds. The van der Waals surface area contributed by atoms with Gasteiger partial charge in [0.1, 0.15) is 6.33 Å². The molecule has 0 aliphatic heterocycles. The maximum Gasteiger partial charge on any atom is 0.372 e. The van der Waals surface area contributed by atoms with Gasteiger partial charge in [0.05, 0.1) is 17.6 Å². The fourth-order valence-corrected chi connectivity index (χ4v) is 1.71. The van der Waals surface area contributed by atoms with Gasteiger partial charge in [0.2, 0.25) is 5.82 Å². The Morgan fingerprint density at radius 3 is 2.79 bits per heavy atom. The number of hydrogen-bond donors (Lipinski definition) is 2. The zero-order valence-electron chi connectivity index (χ0n) is 11.2. The lowest BCUT2D eigenvalue weighted by molar-refractivity contribution is -0.385. The second kappa shape index (κ2) is 6.28. The zero-order chi connectivity index (χ0) is 14.5. The number of aliphatic hydroxyl groups is 1. The summed E-state index contributed by atoms with van der Waals surface area (Å²) in [6.45, 7) is 3.76. The normalized spacial score (nSPS) is 13.7. The predicted molar refractivity (Wildman–Crippen MR) is 69.3 cm³/mol. The van der Waals surface area contributed by atoms with E-state index < -0.39 is 10.5 Å². The summed E-state index contributed by atoms with van der Waals surface area (Å²) < 4.78 is 4.83. The summed E-state index contributed by atoms with van der Waals surface area (Å²) in [5, 5.41) is 23.8. The van der Waals surface area contributed by atoms with Crippen molar-refractivity contribution in [2.24, 2.45) is 0 Å². The zero-order valence-corrected chi connectivity index (χ0v) is 11.2. The minimum absolute atomic E-state index is 0.0354. The van der Waals surface area contributed by atoms with E-state index in [0.717, 1.165) is 6.42 Å². The van der Waals surface area contributed by atoms with Crippen LogP contribution >= 0.6 is 0 Å². The molecule has 2 N–H and O–H groups in total. The molecule has 0 fully saturated rings. The summed E-state index contributed by atoms with van der Waals surface area (Å²) in [6, 6.07) is 0. The van der Waals surface area contributed by atoms with Crippen molar-refractivity contribution < 1.29 is 14.8 Å². The maximum absolute atomic E-state index is 11.0. The first-order valence-electron chi connectivity index (χ1n) is 5.91. The highest BCUT2D eigenvalue weighted by Gasteiger charge is 2.26. The summed E-state index contributed by atoms with van der Waals surface area (Å²) in [5.74, 6) is -0.0779. The van der Waals surface area contributed by atoms with Crippen LogP contribution in [-0.4, -0.2) is 39.3 Å². The molecular formula is C11H18N4O4. The Morgan fingerprint density at radius 1 is 1.58 bits per heavy atom. The molecule has 19 heavy (non-hydrogen) atoms. The Balaban J connectivity index is 2.92. The van der Waals surface area contributed by atoms with Crippen LogP contribution in [0.4, 0.5) is 11.5 Å². The average molecular weight is 270 g/mol. The molecule has 0 spiro atoms. The van der Waals surface area contributed by atoms with E-state index in [1.54, 1.807) is 6.92 Å². The molecule has 8 heteroatoms. The molecule has 1 aromatic heterocycles. The number of anilines is 1. The van der Waals surface area contributed by atoms with E-state index in [2.05, 4.69) is 15.3 Å². The molecule has 1 rings (SSSR count). The lowest BCUT2D eigenvalue weighted by Crippen LogP contribution is -2.33. The smallest absolute Gasteiger partial charge is 0.372 e. The van der Waals surface area contributed by atoms with Gasteiger partial charge in [-0.3, -0.25) is 10.1 Å². The third-order valence-corrected chi connectivity index (χ3v) is 2.59. The van der Waals surface area contributed by atoms with Crippen LogP contribution in [0.1, 0.15) is 26.7 Å². The minimum Gasteiger partial charge on any atom is -0.476 e. The second-order valence-electron chi connectivity index (χ2n) is 4.44. The van der Waals surface area contributed by atoms with Crippen molar-refractivity contribution in [2.45, 2.75) is 32.3 Å². The molecule has 0 aliphatic carbocycles. The Labute approximate surface area is 111 Å². The Hall–Kier alpha value is -1.96. The van der Waals surface area contributed by atoms with Gasteiger partial charge in [-0.15, -0.1) is 0 Å². The van der Waals surface area contributed by atoms with Crippen molar-refractivity contribution in [3.05, 3.63) is 16.4 Å². The second-order valence-corrected chi connectivity index (χ2v) is 4.44. The summed E-state index contributed by atoms with van der Waals surface area (Å²) in [4.78, 5) is 17.9. The molecule has 0 bridgehead atoms. The van der Waals surface area contributed by atoms with E-state index in [-0.39, 0.29) is 23.9 Å². The van der Waals surface area contributed by atoms with Gasteiger partial charge in [-0.05, 0) is 13.3 Å².